The summed E-state index contributed by atoms with van der Waals surface area (Å²) in [7, 11) is 0. The van der Waals surface area contributed by atoms with Gasteiger partial charge in [-0.15, -0.1) is 11.6 Å². The van der Waals surface area contributed by atoms with Crippen LogP contribution in [0.4, 0.5) is 0 Å². The highest BCUT2D eigenvalue weighted by Gasteiger charge is 2.17. The zero-order valence-electron chi connectivity index (χ0n) is 6.48. The van der Waals surface area contributed by atoms with E-state index in [1.54, 1.807) is 0 Å². The molecule has 0 radical (unpaired) electrons. The maximum Gasteiger partial charge on any atom is 0.0869 e. The van der Waals surface area contributed by atoms with Crippen LogP contribution in [0.2, 0.25) is 5.02 Å². The molecule has 3 heteroatoms. The highest BCUT2D eigenvalue weighted by molar-refractivity contribution is 6.31. The maximum atomic E-state index is 6.02. The molecule has 1 unspecified atom stereocenters. The third kappa shape index (κ3) is 1.45. The Morgan fingerprint density at radius 2 is 2.25 bits per heavy atom. The molecule has 1 N–H and O–H groups in total. The first-order valence-corrected chi connectivity index (χ1v) is 4.72. The first-order chi connectivity index (χ1) is 5.77. The second kappa shape index (κ2) is 3.25. The van der Waals surface area contributed by atoms with Gasteiger partial charge in [0.2, 0.25) is 0 Å². The minimum Gasteiger partial charge on any atom is -0.297 e. The van der Waals surface area contributed by atoms with Crippen LogP contribution >= 0.6 is 23.2 Å². The highest BCUT2D eigenvalue weighted by Crippen LogP contribution is 2.25. The topological polar surface area (TPSA) is 12.0 Å². The number of nitrogens with one attached hydrogen (secondary N) is 1. The fraction of sp³-hybridized carbons (Fsp3) is 0.333. The summed E-state index contributed by atoms with van der Waals surface area (Å²) in [6.45, 7) is 0.823. The van der Waals surface area contributed by atoms with Crippen molar-refractivity contribution in [2.45, 2.75) is 18.5 Å². The predicted molar refractivity (Wildman–Crippen MR) is 51.6 cm³/mol. The van der Waals surface area contributed by atoms with Crippen molar-refractivity contribution in [1.82, 2.24) is 5.32 Å². The fourth-order valence-corrected chi connectivity index (χ4v) is 1.97. The van der Waals surface area contributed by atoms with Crippen LogP contribution in [0.25, 0.3) is 0 Å². The molecule has 0 saturated heterocycles. The standard InChI is InChI=1S/C9H9Cl2N/c10-8-3-1-2-6-5-12-9(11)4-7(6)8/h1-3,9,12H,4-5H2. The molecule has 0 spiro atoms. The smallest absolute Gasteiger partial charge is 0.0869 e. The molecular formula is C9H9Cl2N. The lowest BCUT2D eigenvalue weighted by Gasteiger charge is -2.22. The summed E-state index contributed by atoms with van der Waals surface area (Å²) in [5.41, 5.74) is 2.48. The van der Waals surface area contributed by atoms with Crippen molar-refractivity contribution >= 4 is 23.2 Å². The zero-order chi connectivity index (χ0) is 8.55. The summed E-state index contributed by atoms with van der Waals surface area (Å²) in [6.07, 6.45) is 0.816. The van der Waals surface area contributed by atoms with E-state index in [0.29, 0.717) is 0 Å². The zero-order valence-corrected chi connectivity index (χ0v) is 7.99. The summed E-state index contributed by atoms with van der Waals surface area (Å²) in [6, 6.07) is 5.96. The van der Waals surface area contributed by atoms with Crippen molar-refractivity contribution in [3.05, 3.63) is 34.3 Å². The van der Waals surface area contributed by atoms with Gasteiger partial charge in [-0.05, 0) is 17.2 Å². The molecule has 0 aliphatic carbocycles. The van der Waals surface area contributed by atoms with Crippen molar-refractivity contribution in [3.8, 4) is 0 Å². The van der Waals surface area contributed by atoms with E-state index >= 15 is 0 Å². The first kappa shape index (κ1) is 8.36. The third-order valence-electron chi connectivity index (χ3n) is 2.11. The Morgan fingerprint density at radius 1 is 1.42 bits per heavy atom. The summed E-state index contributed by atoms with van der Waals surface area (Å²) in [4.78, 5) is 0. The molecule has 0 amide bonds. The molecule has 12 heavy (non-hydrogen) atoms. The van der Waals surface area contributed by atoms with Crippen molar-refractivity contribution < 1.29 is 0 Å². The molecule has 0 aromatic heterocycles. The summed E-state index contributed by atoms with van der Waals surface area (Å²) in [5.74, 6) is 0. The SMILES string of the molecule is Clc1cccc2c1CC(Cl)NC2. The van der Waals surface area contributed by atoms with E-state index in [1.807, 2.05) is 12.1 Å². The molecule has 1 aromatic rings. The Hall–Kier alpha value is -0.240. The van der Waals surface area contributed by atoms with E-state index < -0.39 is 0 Å². The summed E-state index contributed by atoms with van der Waals surface area (Å²) < 4.78 is 0. The van der Waals surface area contributed by atoms with Crippen LogP contribution in [0.5, 0.6) is 0 Å². The molecule has 1 atom stereocenters. The summed E-state index contributed by atoms with van der Waals surface area (Å²) in [5, 5.41) is 4.01. The molecule has 0 bridgehead atoms. The van der Waals surface area contributed by atoms with Crippen LogP contribution < -0.4 is 5.32 Å². The largest absolute Gasteiger partial charge is 0.297 e. The molecule has 1 aliphatic heterocycles. The third-order valence-corrected chi connectivity index (χ3v) is 2.78. The summed E-state index contributed by atoms with van der Waals surface area (Å²) >= 11 is 12.0. The lowest BCUT2D eigenvalue weighted by Crippen LogP contribution is -2.31. The Kier molecular flexibility index (Phi) is 2.26. The van der Waals surface area contributed by atoms with Gasteiger partial charge >= 0.3 is 0 Å². The van der Waals surface area contributed by atoms with Gasteiger partial charge in [0.05, 0.1) is 5.50 Å². The van der Waals surface area contributed by atoms with Gasteiger partial charge in [0.1, 0.15) is 0 Å². The number of benzene rings is 1. The van der Waals surface area contributed by atoms with Crippen LogP contribution in [0, 0.1) is 0 Å². The van der Waals surface area contributed by atoms with Gasteiger partial charge in [0.15, 0.2) is 0 Å². The van der Waals surface area contributed by atoms with Gasteiger partial charge in [-0.3, -0.25) is 5.32 Å². The second-order valence-electron chi connectivity index (χ2n) is 2.93. The molecule has 0 saturated carbocycles. The van der Waals surface area contributed by atoms with Gasteiger partial charge in [0.25, 0.3) is 0 Å². The van der Waals surface area contributed by atoms with Gasteiger partial charge in [0, 0.05) is 18.0 Å². The fourth-order valence-electron chi connectivity index (χ4n) is 1.47. The number of fused-ring (bicyclic) bond motifs is 1. The van der Waals surface area contributed by atoms with Crippen LogP contribution in [0.15, 0.2) is 18.2 Å². The highest BCUT2D eigenvalue weighted by atomic mass is 35.5. The maximum absolute atomic E-state index is 6.02. The van der Waals surface area contributed by atoms with Crippen LogP contribution in [0.1, 0.15) is 11.1 Å². The Bertz CT molecular complexity index is 299. The predicted octanol–water partition coefficient (Wildman–Crippen LogP) is 2.55. The molecule has 1 heterocycles. The first-order valence-electron chi connectivity index (χ1n) is 3.91. The van der Waals surface area contributed by atoms with E-state index in [0.717, 1.165) is 18.0 Å². The average Bonchev–Trinajstić information content (AvgIpc) is 2.07. The number of hydrogen-bond acceptors (Lipinski definition) is 1. The van der Waals surface area contributed by atoms with Crippen LogP contribution in [-0.4, -0.2) is 5.50 Å². The lowest BCUT2D eigenvalue weighted by atomic mass is 10.0. The number of halogens is 2. The molecule has 64 valence electrons. The molecule has 2 rings (SSSR count). The van der Waals surface area contributed by atoms with Crippen molar-refractivity contribution in [2.75, 3.05) is 0 Å². The quantitative estimate of drug-likeness (QED) is 0.503. The average molecular weight is 202 g/mol. The van der Waals surface area contributed by atoms with Crippen LogP contribution in [0.3, 0.4) is 0 Å². The van der Waals surface area contributed by atoms with Crippen molar-refractivity contribution in [3.63, 3.8) is 0 Å². The Morgan fingerprint density at radius 3 is 3.08 bits per heavy atom. The minimum atomic E-state index is 0.0254. The Labute approximate surface area is 81.7 Å². The van der Waals surface area contributed by atoms with E-state index in [-0.39, 0.29) is 5.50 Å². The molecule has 1 aliphatic rings. The number of hydrogen-bond donors (Lipinski definition) is 1. The number of alkyl halides is 1. The van der Waals surface area contributed by atoms with Gasteiger partial charge < -0.3 is 0 Å². The van der Waals surface area contributed by atoms with E-state index in [4.69, 9.17) is 23.2 Å². The van der Waals surface area contributed by atoms with Gasteiger partial charge in [-0.2, -0.15) is 0 Å². The normalized spacial score (nSPS) is 22.0. The van der Waals surface area contributed by atoms with Gasteiger partial charge in [-0.25, -0.2) is 0 Å². The van der Waals surface area contributed by atoms with Crippen LogP contribution in [-0.2, 0) is 13.0 Å². The molecule has 1 nitrogen and oxygen atoms in total. The van der Waals surface area contributed by atoms with Crippen molar-refractivity contribution in [1.29, 1.82) is 0 Å². The molecule has 1 aromatic carbocycles. The van der Waals surface area contributed by atoms with E-state index in [9.17, 15) is 0 Å². The second-order valence-corrected chi connectivity index (χ2v) is 3.86. The van der Waals surface area contributed by atoms with Gasteiger partial charge in [-0.1, -0.05) is 23.7 Å². The monoisotopic (exact) mass is 201 g/mol. The Balaban J connectivity index is 2.43. The molecular weight excluding hydrogens is 193 g/mol. The van der Waals surface area contributed by atoms with E-state index in [1.165, 1.54) is 11.1 Å². The lowest BCUT2D eigenvalue weighted by molar-refractivity contribution is 0.597. The molecule has 0 fully saturated rings. The van der Waals surface area contributed by atoms with E-state index in [2.05, 4.69) is 11.4 Å². The van der Waals surface area contributed by atoms with Crippen molar-refractivity contribution in [2.24, 2.45) is 0 Å². The minimum absolute atomic E-state index is 0.0254. The number of rotatable bonds is 0.